The van der Waals surface area contributed by atoms with Crippen LogP contribution >= 0.6 is 0 Å². The zero-order valence-corrected chi connectivity index (χ0v) is 9.46. The minimum absolute atomic E-state index is 0.147. The Morgan fingerprint density at radius 1 is 1.18 bits per heavy atom. The van der Waals surface area contributed by atoms with Gasteiger partial charge in [0.25, 0.3) is 0 Å². The summed E-state index contributed by atoms with van der Waals surface area (Å²) in [6, 6.07) is 9.77. The molecule has 1 atom stereocenters. The number of hydrogen-bond donors (Lipinski definition) is 1. The second-order valence-corrected chi connectivity index (χ2v) is 3.73. The van der Waals surface area contributed by atoms with Crippen LogP contribution in [0.15, 0.2) is 43.0 Å². The lowest BCUT2D eigenvalue weighted by molar-refractivity contribution is 0.879. The van der Waals surface area contributed by atoms with Gasteiger partial charge >= 0.3 is 0 Å². The molecule has 0 aliphatic heterocycles. The van der Waals surface area contributed by atoms with Gasteiger partial charge in [-0.25, -0.2) is 9.97 Å². The summed E-state index contributed by atoms with van der Waals surface area (Å²) < 4.78 is 0. The first-order valence-corrected chi connectivity index (χ1v) is 5.31. The predicted octanol–water partition coefficient (Wildman–Crippen LogP) is 2.52. The van der Waals surface area contributed by atoms with Gasteiger partial charge in [-0.05, 0) is 24.6 Å². The zero-order valence-electron chi connectivity index (χ0n) is 9.46. The summed E-state index contributed by atoms with van der Waals surface area (Å²) in [5, 5.41) is 12.0. The van der Waals surface area contributed by atoms with Gasteiger partial charge in [-0.15, -0.1) is 0 Å². The Balaban J connectivity index is 2.10. The summed E-state index contributed by atoms with van der Waals surface area (Å²) in [6.45, 7) is 2.05. The van der Waals surface area contributed by atoms with E-state index in [4.69, 9.17) is 5.26 Å². The fourth-order valence-corrected chi connectivity index (χ4v) is 1.55. The number of hydrogen-bond acceptors (Lipinski definition) is 4. The van der Waals surface area contributed by atoms with E-state index in [1.54, 1.807) is 12.4 Å². The third-order valence-corrected chi connectivity index (χ3v) is 2.48. The highest BCUT2D eigenvalue weighted by molar-refractivity contribution is 5.41. The van der Waals surface area contributed by atoms with Gasteiger partial charge in [0.15, 0.2) is 0 Å². The predicted molar refractivity (Wildman–Crippen MR) is 65.2 cm³/mol. The summed E-state index contributed by atoms with van der Waals surface area (Å²) in [7, 11) is 0. The summed E-state index contributed by atoms with van der Waals surface area (Å²) in [5.41, 5.74) is 2.67. The molecule has 0 bridgehead atoms. The topological polar surface area (TPSA) is 61.6 Å². The molecule has 1 unspecified atom stereocenters. The number of nitrogens with one attached hydrogen (secondary N) is 1. The molecule has 84 valence electrons. The average Bonchev–Trinajstić information content (AvgIpc) is 2.40. The van der Waals surface area contributed by atoms with E-state index in [1.165, 1.54) is 6.33 Å². The first kappa shape index (κ1) is 11.1. The fraction of sp³-hybridized carbons (Fsp3) is 0.154. The van der Waals surface area contributed by atoms with Crippen LogP contribution < -0.4 is 5.32 Å². The van der Waals surface area contributed by atoms with Gasteiger partial charge in [0.1, 0.15) is 6.33 Å². The lowest BCUT2D eigenvalue weighted by Gasteiger charge is -2.14. The Bertz CT molecular complexity index is 513. The van der Waals surface area contributed by atoms with Gasteiger partial charge in [-0.1, -0.05) is 12.1 Å². The van der Waals surface area contributed by atoms with E-state index in [0.29, 0.717) is 5.56 Å². The summed E-state index contributed by atoms with van der Waals surface area (Å²) in [5.74, 6) is 0. The van der Waals surface area contributed by atoms with Crippen LogP contribution in [0.3, 0.4) is 0 Å². The van der Waals surface area contributed by atoms with Crippen LogP contribution in [0.4, 0.5) is 5.69 Å². The summed E-state index contributed by atoms with van der Waals surface area (Å²) in [4.78, 5) is 7.88. The van der Waals surface area contributed by atoms with E-state index >= 15 is 0 Å². The molecule has 4 nitrogen and oxygen atoms in total. The van der Waals surface area contributed by atoms with Crippen molar-refractivity contribution in [2.45, 2.75) is 13.0 Å². The Hall–Kier alpha value is -2.41. The number of benzene rings is 1. The maximum Gasteiger partial charge on any atom is 0.115 e. The Kier molecular flexibility index (Phi) is 3.31. The summed E-state index contributed by atoms with van der Waals surface area (Å²) in [6.07, 6.45) is 4.96. The monoisotopic (exact) mass is 224 g/mol. The van der Waals surface area contributed by atoms with Crippen LogP contribution in [0.1, 0.15) is 24.1 Å². The van der Waals surface area contributed by atoms with Gasteiger partial charge in [-0.2, -0.15) is 5.26 Å². The molecule has 2 aromatic rings. The maximum atomic E-state index is 8.72. The molecular formula is C13H12N4. The van der Waals surface area contributed by atoms with Crippen LogP contribution in [0.2, 0.25) is 0 Å². The number of aromatic nitrogens is 2. The zero-order chi connectivity index (χ0) is 12.1. The van der Waals surface area contributed by atoms with E-state index in [0.717, 1.165) is 11.3 Å². The molecule has 0 saturated heterocycles. The number of nitriles is 1. The van der Waals surface area contributed by atoms with Crippen LogP contribution in [0, 0.1) is 11.3 Å². The van der Waals surface area contributed by atoms with Gasteiger partial charge in [0, 0.05) is 6.04 Å². The molecule has 0 fully saturated rings. The van der Waals surface area contributed by atoms with Crippen molar-refractivity contribution in [2.24, 2.45) is 0 Å². The molecule has 0 saturated carbocycles. The largest absolute Gasteiger partial charge is 0.376 e. The molecule has 1 N–H and O–H groups in total. The second-order valence-electron chi connectivity index (χ2n) is 3.73. The Morgan fingerprint density at radius 3 is 2.41 bits per heavy atom. The van der Waals surface area contributed by atoms with E-state index in [-0.39, 0.29) is 6.04 Å². The molecular weight excluding hydrogens is 212 g/mol. The number of nitrogens with zero attached hydrogens (tertiary/aromatic N) is 3. The van der Waals surface area contributed by atoms with E-state index < -0.39 is 0 Å². The first-order valence-electron chi connectivity index (χ1n) is 5.31. The van der Waals surface area contributed by atoms with Gasteiger partial charge in [0.05, 0.1) is 29.7 Å². The standard InChI is InChI=1S/C13H12N4/c1-10(17-13-7-15-9-16-8-13)12-4-2-11(6-14)3-5-12/h2-5,7-10,17H,1H3. The van der Waals surface area contributed by atoms with Crippen molar-refractivity contribution in [1.29, 1.82) is 5.26 Å². The molecule has 1 heterocycles. The fourth-order valence-electron chi connectivity index (χ4n) is 1.55. The van der Waals surface area contributed by atoms with Crippen molar-refractivity contribution in [2.75, 3.05) is 5.32 Å². The van der Waals surface area contributed by atoms with Crippen molar-refractivity contribution in [3.05, 3.63) is 54.1 Å². The van der Waals surface area contributed by atoms with Gasteiger partial charge in [0.2, 0.25) is 0 Å². The van der Waals surface area contributed by atoms with Gasteiger partial charge < -0.3 is 5.32 Å². The third kappa shape index (κ3) is 2.79. The van der Waals surface area contributed by atoms with Crippen molar-refractivity contribution in [1.82, 2.24) is 9.97 Å². The van der Waals surface area contributed by atoms with E-state index in [1.807, 2.05) is 31.2 Å². The van der Waals surface area contributed by atoms with Crippen LogP contribution in [-0.4, -0.2) is 9.97 Å². The second kappa shape index (κ2) is 5.08. The van der Waals surface area contributed by atoms with E-state index in [2.05, 4.69) is 21.4 Å². The first-order chi connectivity index (χ1) is 8.29. The molecule has 0 spiro atoms. The van der Waals surface area contributed by atoms with Crippen LogP contribution in [0.25, 0.3) is 0 Å². The van der Waals surface area contributed by atoms with Gasteiger partial charge in [-0.3, -0.25) is 0 Å². The maximum absolute atomic E-state index is 8.72. The Labute approximate surface area is 100.0 Å². The lowest BCUT2D eigenvalue weighted by Crippen LogP contribution is -2.06. The minimum Gasteiger partial charge on any atom is -0.376 e. The minimum atomic E-state index is 0.147. The highest BCUT2D eigenvalue weighted by Gasteiger charge is 2.05. The molecule has 17 heavy (non-hydrogen) atoms. The lowest BCUT2D eigenvalue weighted by atomic mass is 10.1. The molecule has 1 aromatic heterocycles. The average molecular weight is 224 g/mol. The normalized spacial score (nSPS) is 11.5. The molecule has 0 aliphatic rings. The van der Waals surface area contributed by atoms with Crippen molar-refractivity contribution >= 4 is 5.69 Å². The van der Waals surface area contributed by atoms with Crippen LogP contribution in [0.5, 0.6) is 0 Å². The SMILES string of the molecule is CC(Nc1cncnc1)c1ccc(C#N)cc1. The molecule has 2 rings (SSSR count). The molecule has 0 aliphatic carbocycles. The summed E-state index contributed by atoms with van der Waals surface area (Å²) >= 11 is 0. The molecule has 1 aromatic carbocycles. The molecule has 4 heteroatoms. The molecule has 0 amide bonds. The smallest absolute Gasteiger partial charge is 0.115 e. The van der Waals surface area contributed by atoms with Crippen molar-refractivity contribution in [3.63, 3.8) is 0 Å². The molecule has 0 radical (unpaired) electrons. The highest BCUT2D eigenvalue weighted by Crippen LogP contribution is 2.18. The number of anilines is 1. The van der Waals surface area contributed by atoms with Crippen molar-refractivity contribution in [3.8, 4) is 6.07 Å². The van der Waals surface area contributed by atoms with E-state index in [9.17, 15) is 0 Å². The number of rotatable bonds is 3. The van der Waals surface area contributed by atoms with Crippen LogP contribution in [-0.2, 0) is 0 Å². The van der Waals surface area contributed by atoms with Crippen molar-refractivity contribution < 1.29 is 0 Å². The third-order valence-electron chi connectivity index (χ3n) is 2.48. The quantitative estimate of drug-likeness (QED) is 0.870. The Morgan fingerprint density at radius 2 is 1.82 bits per heavy atom. The highest BCUT2D eigenvalue weighted by atomic mass is 15.0.